The van der Waals surface area contributed by atoms with Gasteiger partial charge in [-0.15, -0.1) is 0 Å². The number of hydrogen-bond acceptors (Lipinski definition) is 2. The molecule has 3 nitrogen and oxygen atoms in total. The Morgan fingerprint density at radius 3 is 2.48 bits per heavy atom. The third kappa shape index (κ3) is 3.72. The maximum Gasteiger partial charge on any atom is 0.0456 e. The van der Waals surface area contributed by atoms with Crippen molar-refractivity contribution in [3.8, 4) is 0 Å². The fourth-order valence-electron chi connectivity index (χ4n) is 3.82. The molecule has 1 aromatic heterocycles. The summed E-state index contributed by atoms with van der Waals surface area (Å²) in [5.74, 6) is 0. The van der Waals surface area contributed by atoms with E-state index in [-0.39, 0.29) is 0 Å². The van der Waals surface area contributed by atoms with E-state index in [2.05, 4.69) is 76.4 Å². The molecular weight excluding hydrogens is 306 g/mol. The van der Waals surface area contributed by atoms with Crippen LogP contribution in [0.5, 0.6) is 0 Å². The first kappa shape index (κ1) is 16.2. The number of aryl methyl sites for hydroxylation is 2. The first-order valence-electron chi connectivity index (χ1n) is 9.38. The topological polar surface area (TPSA) is 22.3 Å². The summed E-state index contributed by atoms with van der Waals surface area (Å²) in [6.07, 6.45) is 4.56. The number of rotatable bonds is 5. The zero-order valence-corrected chi connectivity index (χ0v) is 15.0. The van der Waals surface area contributed by atoms with Gasteiger partial charge >= 0.3 is 0 Å². The van der Waals surface area contributed by atoms with Crippen molar-refractivity contribution >= 4 is 16.6 Å². The Bertz CT molecular complexity index is 811. The number of nitrogens with zero attached hydrogens (tertiary/aromatic N) is 2. The molecule has 2 aromatic carbocycles. The Kier molecular flexibility index (Phi) is 4.75. The highest BCUT2D eigenvalue weighted by Crippen LogP contribution is 2.20. The first-order valence-corrected chi connectivity index (χ1v) is 9.38. The molecule has 0 bridgehead atoms. The van der Waals surface area contributed by atoms with Gasteiger partial charge in [-0.05, 0) is 50.1 Å². The molecule has 0 saturated carbocycles. The molecule has 3 aromatic rings. The quantitative estimate of drug-likeness (QED) is 0.755. The molecular formula is C22H27N3. The predicted molar refractivity (Wildman–Crippen MR) is 106 cm³/mol. The SMILES string of the molecule is Cc1ccc(N2CCN(CCCc3c[nH]c4ccccc34)CC2)cc1. The Balaban J connectivity index is 1.26. The number of benzene rings is 2. The van der Waals surface area contributed by atoms with Crippen molar-refractivity contribution in [1.82, 2.24) is 9.88 Å². The number of piperazine rings is 1. The molecule has 0 spiro atoms. The molecule has 1 N–H and O–H groups in total. The van der Waals surface area contributed by atoms with E-state index in [0.29, 0.717) is 0 Å². The number of nitrogens with one attached hydrogen (secondary N) is 1. The van der Waals surface area contributed by atoms with Crippen molar-refractivity contribution in [2.75, 3.05) is 37.6 Å². The van der Waals surface area contributed by atoms with Gasteiger partial charge in [-0.3, -0.25) is 4.90 Å². The van der Waals surface area contributed by atoms with Crippen LogP contribution in [-0.2, 0) is 6.42 Å². The Morgan fingerprint density at radius 2 is 1.68 bits per heavy atom. The van der Waals surface area contributed by atoms with E-state index in [1.807, 2.05) is 0 Å². The van der Waals surface area contributed by atoms with E-state index in [0.717, 1.165) is 19.5 Å². The van der Waals surface area contributed by atoms with Crippen LogP contribution in [-0.4, -0.2) is 42.6 Å². The zero-order chi connectivity index (χ0) is 17.1. The van der Waals surface area contributed by atoms with Crippen LogP contribution in [0.15, 0.2) is 54.7 Å². The van der Waals surface area contributed by atoms with Crippen molar-refractivity contribution in [2.24, 2.45) is 0 Å². The number of H-pyrrole nitrogens is 1. The fourth-order valence-corrected chi connectivity index (χ4v) is 3.82. The van der Waals surface area contributed by atoms with Crippen molar-refractivity contribution < 1.29 is 0 Å². The first-order chi connectivity index (χ1) is 12.3. The Hall–Kier alpha value is -2.26. The lowest BCUT2D eigenvalue weighted by atomic mass is 10.1. The molecule has 2 heterocycles. The summed E-state index contributed by atoms with van der Waals surface area (Å²) in [5, 5.41) is 1.38. The average molecular weight is 333 g/mol. The molecule has 0 unspecified atom stereocenters. The van der Waals surface area contributed by atoms with E-state index in [9.17, 15) is 0 Å². The number of hydrogen-bond donors (Lipinski definition) is 1. The van der Waals surface area contributed by atoms with Crippen LogP contribution in [0.2, 0.25) is 0 Å². The number of fused-ring (bicyclic) bond motifs is 1. The summed E-state index contributed by atoms with van der Waals surface area (Å²) < 4.78 is 0. The predicted octanol–water partition coefficient (Wildman–Crippen LogP) is 4.23. The second-order valence-electron chi connectivity index (χ2n) is 7.13. The highest BCUT2D eigenvalue weighted by Gasteiger charge is 2.16. The minimum atomic E-state index is 1.14. The van der Waals surface area contributed by atoms with Crippen LogP contribution in [0, 0.1) is 6.92 Å². The molecule has 3 heteroatoms. The van der Waals surface area contributed by atoms with Crippen molar-refractivity contribution in [2.45, 2.75) is 19.8 Å². The van der Waals surface area contributed by atoms with Gasteiger partial charge in [0.05, 0.1) is 0 Å². The van der Waals surface area contributed by atoms with Crippen LogP contribution in [0.25, 0.3) is 10.9 Å². The van der Waals surface area contributed by atoms with Crippen LogP contribution < -0.4 is 4.90 Å². The molecule has 1 saturated heterocycles. The second-order valence-corrected chi connectivity index (χ2v) is 7.13. The van der Waals surface area contributed by atoms with Gasteiger partial charge in [0, 0.05) is 49.0 Å². The summed E-state index contributed by atoms with van der Waals surface area (Å²) in [4.78, 5) is 8.50. The number of para-hydroxylation sites is 1. The third-order valence-corrected chi connectivity index (χ3v) is 5.37. The zero-order valence-electron chi connectivity index (χ0n) is 15.0. The summed E-state index contributed by atoms with van der Waals surface area (Å²) in [6, 6.07) is 17.5. The highest BCUT2D eigenvalue weighted by molar-refractivity contribution is 5.82. The summed E-state index contributed by atoms with van der Waals surface area (Å²) in [6.45, 7) is 7.95. The van der Waals surface area contributed by atoms with Gasteiger partial charge in [-0.2, -0.15) is 0 Å². The van der Waals surface area contributed by atoms with E-state index in [1.54, 1.807) is 0 Å². The summed E-state index contributed by atoms with van der Waals surface area (Å²) >= 11 is 0. The van der Waals surface area contributed by atoms with Crippen LogP contribution in [0.3, 0.4) is 0 Å². The standard InChI is InChI=1S/C22H27N3/c1-18-8-10-20(11-9-18)25-15-13-24(14-16-25)12-4-5-19-17-23-22-7-3-2-6-21(19)22/h2-3,6-11,17,23H,4-5,12-16H2,1H3. The normalized spacial score (nSPS) is 15.8. The van der Waals surface area contributed by atoms with Crippen LogP contribution >= 0.6 is 0 Å². The molecule has 0 radical (unpaired) electrons. The van der Waals surface area contributed by atoms with Crippen LogP contribution in [0.4, 0.5) is 5.69 Å². The number of aromatic amines is 1. The van der Waals surface area contributed by atoms with Gasteiger partial charge in [0.25, 0.3) is 0 Å². The lowest BCUT2D eigenvalue weighted by Gasteiger charge is -2.36. The summed E-state index contributed by atoms with van der Waals surface area (Å²) in [7, 11) is 0. The second kappa shape index (κ2) is 7.32. The van der Waals surface area contributed by atoms with Crippen molar-refractivity contribution in [3.63, 3.8) is 0 Å². The third-order valence-electron chi connectivity index (χ3n) is 5.37. The average Bonchev–Trinajstić information content (AvgIpc) is 3.06. The van der Waals surface area contributed by atoms with E-state index < -0.39 is 0 Å². The molecule has 1 fully saturated rings. The van der Waals surface area contributed by atoms with Crippen molar-refractivity contribution in [1.29, 1.82) is 0 Å². The highest BCUT2D eigenvalue weighted by atomic mass is 15.3. The summed E-state index contributed by atoms with van der Waals surface area (Å²) in [5.41, 5.74) is 5.40. The van der Waals surface area contributed by atoms with Gasteiger partial charge < -0.3 is 9.88 Å². The Labute approximate surface area is 150 Å². The number of aromatic nitrogens is 1. The van der Waals surface area contributed by atoms with E-state index >= 15 is 0 Å². The smallest absolute Gasteiger partial charge is 0.0456 e. The Morgan fingerprint density at radius 1 is 0.920 bits per heavy atom. The largest absolute Gasteiger partial charge is 0.369 e. The van der Waals surface area contributed by atoms with Gasteiger partial charge in [0.15, 0.2) is 0 Å². The van der Waals surface area contributed by atoms with Gasteiger partial charge in [0.2, 0.25) is 0 Å². The van der Waals surface area contributed by atoms with E-state index in [4.69, 9.17) is 0 Å². The maximum atomic E-state index is 3.38. The molecule has 25 heavy (non-hydrogen) atoms. The molecule has 0 amide bonds. The number of anilines is 1. The van der Waals surface area contributed by atoms with Gasteiger partial charge in [0.1, 0.15) is 0 Å². The van der Waals surface area contributed by atoms with Gasteiger partial charge in [-0.1, -0.05) is 35.9 Å². The van der Waals surface area contributed by atoms with Crippen molar-refractivity contribution in [3.05, 3.63) is 65.9 Å². The molecule has 1 aliphatic rings. The maximum absolute atomic E-state index is 3.38. The molecule has 130 valence electrons. The lowest BCUT2D eigenvalue weighted by Crippen LogP contribution is -2.46. The minimum Gasteiger partial charge on any atom is -0.369 e. The van der Waals surface area contributed by atoms with E-state index in [1.165, 1.54) is 53.8 Å². The molecule has 0 atom stereocenters. The fraction of sp³-hybridized carbons (Fsp3) is 0.364. The van der Waals surface area contributed by atoms with Crippen LogP contribution in [0.1, 0.15) is 17.5 Å². The lowest BCUT2D eigenvalue weighted by molar-refractivity contribution is 0.255. The molecule has 1 aliphatic heterocycles. The van der Waals surface area contributed by atoms with Gasteiger partial charge in [-0.25, -0.2) is 0 Å². The minimum absolute atomic E-state index is 1.14. The molecule has 4 rings (SSSR count). The monoisotopic (exact) mass is 333 g/mol. The molecule has 0 aliphatic carbocycles.